The van der Waals surface area contributed by atoms with E-state index < -0.39 is 17.0 Å². The van der Waals surface area contributed by atoms with Gasteiger partial charge in [0.25, 0.3) is 0 Å². The van der Waals surface area contributed by atoms with Gasteiger partial charge in [0.05, 0.1) is 0 Å². The topological polar surface area (TPSA) is 17.1 Å². The van der Waals surface area contributed by atoms with Gasteiger partial charge in [0.15, 0.2) is 0 Å². The van der Waals surface area contributed by atoms with E-state index in [1.807, 2.05) is 13.8 Å². The molecule has 0 N–H and O–H groups in total. The van der Waals surface area contributed by atoms with Crippen molar-refractivity contribution < 1.29 is 13.6 Å². The van der Waals surface area contributed by atoms with Gasteiger partial charge in [-0.15, -0.1) is 0 Å². The van der Waals surface area contributed by atoms with E-state index in [0.717, 1.165) is 18.9 Å². The summed E-state index contributed by atoms with van der Waals surface area (Å²) in [5.41, 5.74) is 0.214. The Kier molecular flexibility index (Phi) is 3.02. The molecule has 1 nitrogen and oxygen atoms in total. The van der Waals surface area contributed by atoms with Crippen molar-refractivity contribution in [3.8, 4) is 0 Å². The van der Waals surface area contributed by atoms with Gasteiger partial charge in [-0.3, -0.25) is 4.79 Å². The van der Waals surface area contributed by atoms with Crippen LogP contribution in [-0.4, -0.2) is 5.78 Å². The SMILES string of the molecule is CCC1(CC)C(=O)CC1c1cc(F)cc(F)c1. The molecule has 0 spiro atoms. The van der Waals surface area contributed by atoms with Gasteiger partial charge in [0.2, 0.25) is 0 Å². The van der Waals surface area contributed by atoms with Crippen molar-refractivity contribution in [2.24, 2.45) is 5.41 Å². The zero-order valence-electron chi connectivity index (χ0n) is 10.1. The lowest BCUT2D eigenvalue weighted by atomic mass is 9.54. The third-order valence-corrected chi connectivity index (χ3v) is 4.16. The first-order valence-electron chi connectivity index (χ1n) is 6.02. The van der Waals surface area contributed by atoms with Crippen molar-refractivity contribution in [2.45, 2.75) is 39.0 Å². The van der Waals surface area contributed by atoms with Gasteiger partial charge < -0.3 is 0 Å². The van der Waals surface area contributed by atoms with Crippen LogP contribution in [0.3, 0.4) is 0 Å². The van der Waals surface area contributed by atoms with Gasteiger partial charge in [-0.25, -0.2) is 8.78 Å². The Balaban J connectivity index is 2.38. The quantitative estimate of drug-likeness (QED) is 0.782. The molecule has 0 saturated heterocycles. The van der Waals surface area contributed by atoms with Crippen LogP contribution in [0.1, 0.15) is 44.6 Å². The highest BCUT2D eigenvalue weighted by Crippen LogP contribution is 2.54. The van der Waals surface area contributed by atoms with E-state index in [0.29, 0.717) is 12.0 Å². The van der Waals surface area contributed by atoms with Crippen LogP contribution < -0.4 is 0 Å². The molecule has 2 rings (SSSR count). The highest BCUT2D eigenvalue weighted by atomic mass is 19.1. The molecule has 3 heteroatoms. The van der Waals surface area contributed by atoms with Gasteiger partial charge in [-0.2, -0.15) is 0 Å². The third kappa shape index (κ3) is 1.78. The van der Waals surface area contributed by atoms with E-state index in [4.69, 9.17) is 0 Å². The Morgan fingerprint density at radius 1 is 1.18 bits per heavy atom. The minimum absolute atomic E-state index is 0.0322. The van der Waals surface area contributed by atoms with Gasteiger partial charge in [-0.05, 0) is 30.5 Å². The highest BCUT2D eigenvalue weighted by Gasteiger charge is 2.52. The Hall–Kier alpha value is -1.25. The molecule has 0 bridgehead atoms. The minimum atomic E-state index is -0.569. The molecule has 1 atom stereocenters. The number of benzene rings is 1. The van der Waals surface area contributed by atoms with Gasteiger partial charge in [0.1, 0.15) is 17.4 Å². The normalized spacial score (nSPS) is 22.4. The number of hydrogen-bond donors (Lipinski definition) is 0. The summed E-state index contributed by atoms with van der Waals surface area (Å²) in [5, 5.41) is 0. The van der Waals surface area contributed by atoms with Crippen LogP contribution in [0.2, 0.25) is 0 Å². The molecule has 0 aromatic heterocycles. The van der Waals surface area contributed by atoms with E-state index in [2.05, 4.69) is 0 Å². The molecule has 0 heterocycles. The summed E-state index contributed by atoms with van der Waals surface area (Å²) in [6.07, 6.45) is 1.86. The van der Waals surface area contributed by atoms with Crippen molar-refractivity contribution in [1.29, 1.82) is 0 Å². The summed E-state index contributed by atoms with van der Waals surface area (Å²) in [6, 6.07) is 3.56. The van der Waals surface area contributed by atoms with E-state index in [9.17, 15) is 13.6 Å². The van der Waals surface area contributed by atoms with E-state index in [-0.39, 0.29) is 11.7 Å². The molecule has 1 aliphatic carbocycles. The Morgan fingerprint density at radius 3 is 2.12 bits per heavy atom. The van der Waals surface area contributed by atoms with E-state index in [1.54, 1.807) is 0 Å². The van der Waals surface area contributed by atoms with Gasteiger partial charge >= 0.3 is 0 Å². The molecule has 0 amide bonds. The van der Waals surface area contributed by atoms with Crippen LogP contribution >= 0.6 is 0 Å². The highest BCUT2D eigenvalue weighted by molar-refractivity contribution is 5.93. The number of hydrogen-bond acceptors (Lipinski definition) is 1. The Morgan fingerprint density at radius 2 is 1.71 bits per heavy atom. The third-order valence-electron chi connectivity index (χ3n) is 4.16. The summed E-state index contributed by atoms with van der Waals surface area (Å²) >= 11 is 0. The fraction of sp³-hybridized carbons (Fsp3) is 0.500. The van der Waals surface area contributed by atoms with Crippen LogP contribution in [0.15, 0.2) is 18.2 Å². The number of rotatable bonds is 3. The predicted molar refractivity (Wildman–Crippen MR) is 61.7 cm³/mol. The summed E-state index contributed by atoms with van der Waals surface area (Å²) < 4.78 is 26.4. The fourth-order valence-electron chi connectivity index (χ4n) is 3.00. The first kappa shape index (κ1) is 12.2. The number of carbonyl (C=O) groups is 1. The molecule has 1 aliphatic rings. The standard InChI is InChI=1S/C14H16F2O/c1-3-14(4-2)12(8-13(14)17)9-5-10(15)7-11(16)6-9/h5-7,12H,3-4,8H2,1-2H3. The van der Waals surface area contributed by atoms with Crippen LogP contribution in [0.25, 0.3) is 0 Å². The summed E-state index contributed by atoms with van der Waals surface area (Å²) in [4.78, 5) is 11.8. The second-order valence-electron chi connectivity index (χ2n) is 4.75. The van der Waals surface area contributed by atoms with Crippen LogP contribution in [-0.2, 0) is 4.79 Å². The smallest absolute Gasteiger partial charge is 0.140 e. The molecule has 92 valence electrons. The van der Waals surface area contributed by atoms with Crippen LogP contribution in [0.4, 0.5) is 8.78 Å². The molecule has 1 aromatic carbocycles. The number of ketones is 1. The zero-order chi connectivity index (χ0) is 12.6. The maximum Gasteiger partial charge on any atom is 0.140 e. The number of carbonyl (C=O) groups excluding carboxylic acids is 1. The molecular formula is C14H16F2O. The maximum absolute atomic E-state index is 13.2. The molecule has 1 fully saturated rings. The minimum Gasteiger partial charge on any atom is -0.299 e. The summed E-state index contributed by atoms with van der Waals surface area (Å²) in [5.74, 6) is -0.951. The first-order chi connectivity index (χ1) is 8.03. The Labute approximate surface area is 99.8 Å². The van der Waals surface area contributed by atoms with E-state index in [1.165, 1.54) is 12.1 Å². The van der Waals surface area contributed by atoms with Crippen molar-refractivity contribution in [1.82, 2.24) is 0 Å². The molecule has 0 aliphatic heterocycles. The zero-order valence-corrected chi connectivity index (χ0v) is 10.1. The van der Waals surface area contributed by atoms with Crippen molar-refractivity contribution in [2.75, 3.05) is 0 Å². The number of Topliss-reactive ketones (excluding diaryl/α,β-unsaturated/α-hetero) is 1. The lowest BCUT2D eigenvalue weighted by molar-refractivity contribution is -0.141. The lowest BCUT2D eigenvalue weighted by Crippen LogP contribution is -2.47. The molecule has 0 radical (unpaired) electrons. The molecule has 1 unspecified atom stereocenters. The molecule has 17 heavy (non-hydrogen) atoms. The van der Waals surface area contributed by atoms with E-state index >= 15 is 0 Å². The predicted octanol–water partition coefficient (Wildman–Crippen LogP) is 3.83. The second-order valence-corrected chi connectivity index (χ2v) is 4.75. The van der Waals surface area contributed by atoms with Crippen LogP contribution in [0.5, 0.6) is 0 Å². The monoisotopic (exact) mass is 238 g/mol. The Bertz CT molecular complexity index is 429. The van der Waals surface area contributed by atoms with Gasteiger partial charge in [0, 0.05) is 23.8 Å². The van der Waals surface area contributed by atoms with Crippen molar-refractivity contribution in [3.63, 3.8) is 0 Å². The fourth-order valence-corrected chi connectivity index (χ4v) is 3.00. The molecule has 1 saturated carbocycles. The van der Waals surface area contributed by atoms with Crippen molar-refractivity contribution >= 4 is 5.78 Å². The average Bonchev–Trinajstić information content (AvgIpc) is 2.26. The number of halogens is 2. The largest absolute Gasteiger partial charge is 0.299 e. The maximum atomic E-state index is 13.2. The first-order valence-corrected chi connectivity index (χ1v) is 6.02. The van der Waals surface area contributed by atoms with Gasteiger partial charge in [-0.1, -0.05) is 13.8 Å². The summed E-state index contributed by atoms with van der Waals surface area (Å²) in [7, 11) is 0. The average molecular weight is 238 g/mol. The molecule has 1 aromatic rings. The van der Waals surface area contributed by atoms with Crippen molar-refractivity contribution in [3.05, 3.63) is 35.4 Å². The van der Waals surface area contributed by atoms with Crippen LogP contribution in [0, 0.1) is 17.0 Å². The lowest BCUT2D eigenvalue weighted by Gasteiger charge is -2.47. The molecular weight excluding hydrogens is 222 g/mol. The summed E-state index contributed by atoms with van der Waals surface area (Å²) in [6.45, 7) is 3.92. The second kappa shape index (κ2) is 4.21.